The zero-order valence-corrected chi connectivity index (χ0v) is 15.7. The summed E-state index contributed by atoms with van der Waals surface area (Å²) in [6, 6.07) is 13.7. The van der Waals surface area contributed by atoms with Gasteiger partial charge in [0.1, 0.15) is 5.75 Å². The fourth-order valence-corrected chi connectivity index (χ4v) is 4.08. The van der Waals surface area contributed by atoms with Crippen molar-refractivity contribution in [3.63, 3.8) is 0 Å². The summed E-state index contributed by atoms with van der Waals surface area (Å²) in [4.78, 5) is 39.1. The van der Waals surface area contributed by atoms with Crippen LogP contribution in [0.15, 0.2) is 48.5 Å². The molecule has 0 unspecified atom stereocenters. The van der Waals surface area contributed by atoms with E-state index < -0.39 is 0 Å². The third-order valence-corrected chi connectivity index (χ3v) is 5.56. The van der Waals surface area contributed by atoms with Gasteiger partial charge in [-0.2, -0.15) is 0 Å². The molecule has 2 fully saturated rings. The Balaban J connectivity index is 1.50. The van der Waals surface area contributed by atoms with Crippen molar-refractivity contribution in [2.45, 2.75) is 25.7 Å². The van der Waals surface area contributed by atoms with Gasteiger partial charge in [-0.1, -0.05) is 18.9 Å². The smallest absolute Gasteiger partial charge is 0.255 e. The third-order valence-electron chi connectivity index (χ3n) is 5.56. The lowest BCUT2D eigenvalue weighted by Gasteiger charge is -2.19. The van der Waals surface area contributed by atoms with Crippen LogP contribution in [0.3, 0.4) is 0 Å². The highest BCUT2D eigenvalue weighted by Crippen LogP contribution is 2.40. The molecule has 4 rings (SSSR count). The predicted octanol–water partition coefficient (Wildman–Crippen LogP) is 3.63. The number of hydrogen-bond donors (Lipinski definition) is 1. The van der Waals surface area contributed by atoms with E-state index in [0.717, 1.165) is 25.7 Å². The largest absolute Gasteiger partial charge is 0.497 e. The quantitative estimate of drug-likeness (QED) is 0.825. The topological polar surface area (TPSA) is 75.7 Å². The first-order valence-electron chi connectivity index (χ1n) is 9.52. The van der Waals surface area contributed by atoms with E-state index in [9.17, 15) is 14.4 Å². The van der Waals surface area contributed by atoms with Crippen molar-refractivity contribution >= 4 is 29.1 Å². The standard InChI is InChI=1S/C22H22N2O4/c1-28-17-6-4-5-15(13-17)23-20(25)14-9-11-16(12-10-14)24-21(26)18-7-2-3-8-19(18)22(24)27/h4-6,9-13,18-19H,2-3,7-8H2,1H3,(H,23,25)/t18-,19+. The maximum Gasteiger partial charge on any atom is 0.255 e. The van der Waals surface area contributed by atoms with Crippen LogP contribution in [0.25, 0.3) is 0 Å². The Kier molecular flexibility index (Phi) is 4.86. The van der Waals surface area contributed by atoms with Gasteiger partial charge in [-0.05, 0) is 49.2 Å². The first-order valence-corrected chi connectivity index (χ1v) is 9.52. The van der Waals surface area contributed by atoms with Gasteiger partial charge in [-0.25, -0.2) is 0 Å². The summed E-state index contributed by atoms with van der Waals surface area (Å²) in [5.41, 5.74) is 1.60. The van der Waals surface area contributed by atoms with Gasteiger partial charge < -0.3 is 10.1 Å². The minimum absolute atomic E-state index is 0.108. The van der Waals surface area contributed by atoms with Crippen molar-refractivity contribution in [1.82, 2.24) is 0 Å². The highest BCUT2D eigenvalue weighted by molar-refractivity contribution is 6.22. The zero-order chi connectivity index (χ0) is 19.7. The van der Waals surface area contributed by atoms with Crippen LogP contribution >= 0.6 is 0 Å². The maximum atomic E-state index is 12.7. The Morgan fingerprint density at radius 1 is 1.00 bits per heavy atom. The van der Waals surface area contributed by atoms with Crippen LogP contribution in [0.4, 0.5) is 11.4 Å². The number of nitrogens with zero attached hydrogens (tertiary/aromatic N) is 1. The van der Waals surface area contributed by atoms with Crippen molar-refractivity contribution in [2.75, 3.05) is 17.3 Å². The fourth-order valence-electron chi connectivity index (χ4n) is 4.08. The van der Waals surface area contributed by atoms with Gasteiger partial charge in [0, 0.05) is 17.3 Å². The number of rotatable bonds is 4. The number of carbonyl (C=O) groups excluding carboxylic acids is 3. The zero-order valence-electron chi connectivity index (χ0n) is 15.7. The summed E-state index contributed by atoms with van der Waals surface area (Å²) >= 11 is 0. The molecular weight excluding hydrogens is 356 g/mol. The summed E-state index contributed by atoms with van der Waals surface area (Å²) in [5, 5.41) is 2.81. The Labute approximate surface area is 163 Å². The average Bonchev–Trinajstić information content (AvgIpc) is 2.99. The molecule has 0 bridgehead atoms. The first kappa shape index (κ1) is 18.2. The van der Waals surface area contributed by atoms with Crippen LogP contribution in [0.5, 0.6) is 5.75 Å². The van der Waals surface area contributed by atoms with E-state index in [2.05, 4.69) is 5.32 Å². The van der Waals surface area contributed by atoms with Crippen molar-refractivity contribution in [3.05, 3.63) is 54.1 Å². The van der Waals surface area contributed by atoms with Crippen molar-refractivity contribution < 1.29 is 19.1 Å². The molecule has 144 valence electrons. The summed E-state index contributed by atoms with van der Waals surface area (Å²) in [7, 11) is 1.57. The monoisotopic (exact) mass is 378 g/mol. The Hall–Kier alpha value is -3.15. The highest BCUT2D eigenvalue weighted by Gasteiger charge is 2.48. The number of benzene rings is 2. The Bertz CT molecular complexity index is 898. The number of ether oxygens (including phenoxy) is 1. The van der Waals surface area contributed by atoms with Crippen LogP contribution in [-0.4, -0.2) is 24.8 Å². The van der Waals surface area contributed by atoms with E-state index in [-0.39, 0.29) is 29.6 Å². The lowest BCUT2D eigenvalue weighted by Crippen LogP contribution is -2.30. The fraction of sp³-hybridized carbons (Fsp3) is 0.318. The summed E-state index contributed by atoms with van der Waals surface area (Å²) in [5.74, 6) is -0.200. The van der Waals surface area contributed by atoms with Gasteiger partial charge in [-0.15, -0.1) is 0 Å². The molecule has 2 aliphatic rings. The van der Waals surface area contributed by atoms with Crippen molar-refractivity contribution in [3.8, 4) is 5.75 Å². The van der Waals surface area contributed by atoms with E-state index in [4.69, 9.17) is 4.74 Å². The highest BCUT2D eigenvalue weighted by atomic mass is 16.5. The molecule has 6 nitrogen and oxygen atoms in total. The number of carbonyl (C=O) groups is 3. The molecule has 1 aliphatic heterocycles. The minimum atomic E-state index is -0.271. The molecule has 2 aromatic rings. The first-order chi connectivity index (χ1) is 13.6. The number of hydrogen-bond acceptors (Lipinski definition) is 4. The molecule has 0 spiro atoms. The van der Waals surface area contributed by atoms with Crippen LogP contribution in [-0.2, 0) is 9.59 Å². The van der Waals surface area contributed by atoms with E-state index in [1.165, 1.54) is 4.90 Å². The van der Waals surface area contributed by atoms with Crippen LogP contribution in [0, 0.1) is 11.8 Å². The van der Waals surface area contributed by atoms with Crippen LogP contribution in [0.2, 0.25) is 0 Å². The van der Waals surface area contributed by atoms with Gasteiger partial charge in [0.25, 0.3) is 5.91 Å². The van der Waals surface area contributed by atoms with Crippen LogP contribution in [0.1, 0.15) is 36.0 Å². The van der Waals surface area contributed by atoms with Crippen molar-refractivity contribution in [1.29, 1.82) is 0 Å². The predicted molar refractivity (Wildman–Crippen MR) is 105 cm³/mol. The number of anilines is 2. The number of amides is 3. The second kappa shape index (κ2) is 7.46. The molecule has 3 amide bonds. The molecule has 1 aliphatic carbocycles. The Morgan fingerprint density at radius 2 is 1.64 bits per heavy atom. The lowest BCUT2D eigenvalue weighted by molar-refractivity contribution is -0.122. The SMILES string of the molecule is COc1cccc(NC(=O)c2ccc(N3C(=O)[C@H]4CCCC[C@H]4C3=O)cc2)c1. The van der Waals surface area contributed by atoms with Gasteiger partial charge in [0.15, 0.2) is 0 Å². The summed E-state index contributed by atoms with van der Waals surface area (Å²) in [6.45, 7) is 0. The second-order valence-electron chi connectivity index (χ2n) is 7.24. The van der Waals surface area contributed by atoms with Crippen molar-refractivity contribution in [2.24, 2.45) is 11.8 Å². The molecule has 1 saturated carbocycles. The van der Waals surface area contributed by atoms with Crippen LogP contribution < -0.4 is 15.0 Å². The normalized spacial score (nSPS) is 21.4. The number of imide groups is 1. The molecular formula is C22H22N2O4. The summed E-state index contributed by atoms with van der Waals surface area (Å²) < 4.78 is 5.15. The average molecular weight is 378 g/mol. The molecule has 1 N–H and O–H groups in total. The van der Waals surface area contributed by atoms with Gasteiger partial charge in [0.2, 0.25) is 11.8 Å². The molecule has 1 saturated heterocycles. The van der Waals surface area contributed by atoms with Gasteiger partial charge >= 0.3 is 0 Å². The molecule has 28 heavy (non-hydrogen) atoms. The Morgan fingerprint density at radius 3 is 2.25 bits per heavy atom. The molecule has 2 aromatic carbocycles. The maximum absolute atomic E-state index is 12.7. The number of fused-ring (bicyclic) bond motifs is 1. The molecule has 2 atom stereocenters. The number of nitrogens with one attached hydrogen (secondary N) is 1. The molecule has 0 aromatic heterocycles. The minimum Gasteiger partial charge on any atom is -0.497 e. The van der Waals surface area contributed by atoms with Gasteiger partial charge in [0.05, 0.1) is 24.6 Å². The van der Waals surface area contributed by atoms with E-state index in [1.54, 1.807) is 55.6 Å². The second-order valence-corrected chi connectivity index (χ2v) is 7.24. The van der Waals surface area contributed by atoms with E-state index in [1.807, 2.05) is 0 Å². The van der Waals surface area contributed by atoms with E-state index >= 15 is 0 Å². The van der Waals surface area contributed by atoms with Gasteiger partial charge in [-0.3, -0.25) is 19.3 Å². The molecule has 1 heterocycles. The molecule has 6 heteroatoms. The number of methoxy groups -OCH3 is 1. The summed E-state index contributed by atoms with van der Waals surface area (Å²) in [6.07, 6.45) is 3.56. The van der Waals surface area contributed by atoms with E-state index in [0.29, 0.717) is 22.7 Å². The molecule has 0 radical (unpaired) electrons. The lowest BCUT2D eigenvalue weighted by atomic mass is 9.81. The third kappa shape index (κ3) is 3.26.